The lowest BCUT2D eigenvalue weighted by Gasteiger charge is -2.30. The van der Waals surface area contributed by atoms with E-state index in [0.717, 1.165) is 60.1 Å². The molecule has 3 unspecified atom stereocenters. The fourth-order valence-electron chi connectivity index (χ4n) is 7.38. The van der Waals surface area contributed by atoms with Gasteiger partial charge in [-0.25, -0.2) is 28.6 Å². The van der Waals surface area contributed by atoms with Gasteiger partial charge in [-0.05, 0) is 18.3 Å². The molecule has 1 saturated heterocycles. The van der Waals surface area contributed by atoms with E-state index < -0.39 is 84.6 Å². The van der Waals surface area contributed by atoms with Crippen LogP contribution >= 0.6 is 35.2 Å². The number of nitrogen functional groups attached to an aromatic ring is 1. The van der Waals surface area contributed by atoms with Crippen molar-refractivity contribution in [3.8, 4) is 0 Å². The number of phosphoric ester groups is 3. The third kappa shape index (κ3) is 22.9. The van der Waals surface area contributed by atoms with Crippen LogP contribution in [0.2, 0.25) is 0 Å². The Bertz CT molecular complexity index is 2060. The van der Waals surface area contributed by atoms with Gasteiger partial charge in [-0.1, -0.05) is 123 Å². The molecular weight excluding hydrogens is 987 g/mol. The number of aromatic nitrogens is 4. The van der Waals surface area contributed by atoms with E-state index in [9.17, 15) is 57.9 Å². The quantitative estimate of drug-likeness (QED) is 0.0307. The van der Waals surface area contributed by atoms with Crippen LogP contribution in [0.4, 0.5) is 5.82 Å². The van der Waals surface area contributed by atoms with Crippen molar-refractivity contribution in [3.05, 3.63) is 12.7 Å². The average Bonchev–Trinajstić information content (AvgIpc) is 3.82. The molecule has 0 bridgehead atoms. The Morgan fingerprint density at radius 3 is 2.10 bits per heavy atom. The lowest BCUT2D eigenvalue weighted by Crippen LogP contribution is -2.46. The number of phosphoric acid groups is 3. The molecule has 0 aromatic carbocycles. The summed E-state index contributed by atoms with van der Waals surface area (Å²) in [6, 6.07) is 0. The summed E-state index contributed by atoms with van der Waals surface area (Å²) in [7, 11) is -16.4. The lowest BCUT2D eigenvalue weighted by molar-refractivity contribution is -0.137. The van der Waals surface area contributed by atoms with Crippen molar-refractivity contribution in [1.29, 1.82) is 0 Å². The summed E-state index contributed by atoms with van der Waals surface area (Å²) in [5.41, 5.74) is 4.29. The Morgan fingerprint density at radius 2 is 1.46 bits per heavy atom. The number of nitrogens with two attached hydrogens (primary N) is 1. The van der Waals surface area contributed by atoms with Crippen molar-refractivity contribution >= 4 is 69.1 Å². The Balaban J connectivity index is 1.29. The highest BCUT2D eigenvalue weighted by Crippen LogP contribution is 2.61. The molecule has 0 aliphatic carbocycles. The summed E-state index contributed by atoms with van der Waals surface area (Å²) < 4.78 is 62.5. The number of carbonyl (C=O) groups excluding carboxylic acids is 3. The molecule has 1 fully saturated rings. The van der Waals surface area contributed by atoms with Gasteiger partial charge >= 0.3 is 23.5 Å². The van der Waals surface area contributed by atoms with E-state index in [4.69, 9.17) is 19.5 Å². The van der Waals surface area contributed by atoms with E-state index in [1.54, 1.807) is 0 Å². The second-order valence-electron chi connectivity index (χ2n) is 18.4. The van der Waals surface area contributed by atoms with Crippen LogP contribution < -0.4 is 16.4 Å². The van der Waals surface area contributed by atoms with E-state index in [0.29, 0.717) is 12.2 Å². The van der Waals surface area contributed by atoms with Gasteiger partial charge in [0, 0.05) is 37.1 Å². The number of rotatable bonds is 35. The van der Waals surface area contributed by atoms with Gasteiger partial charge in [0.2, 0.25) is 11.8 Å². The summed E-state index contributed by atoms with van der Waals surface area (Å²) >= 11 is 1.16. The number of hydrogen-bond acceptors (Lipinski definition) is 18. The molecule has 8 atom stereocenters. The Kier molecular flexibility index (Phi) is 25.9. The summed E-state index contributed by atoms with van der Waals surface area (Å²) in [6.07, 6.45) is 9.54. The molecule has 3 heterocycles. The minimum Gasteiger partial charge on any atom is -0.386 e. The first-order chi connectivity index (χ1) is 32.3. The molecule has 0 radical (unpaired) electrons. The van der Waals surface area contributed by atoms with Crippen LogP contribution in [0.3, 0.4) is 0 Å². The van der Waals surface area contributed by atoms with Crippen LogP contribution in [0.1, 0.15) is 137 Å². The third-order valence-corrected chi connectivity index (χ3v) is 15.4. The molecule has 10 N–H and O–H groups in total. The largest absolute Gasteiger partial charge is 0.481 e. The molecule has 69 heavy (non-hydrogen) atoms. The summed E-state index contributed by atoms with van der Waals surface area (Å²) in [6.45, 7) is 7.51. The highest BCUT2D eigenvalue weighted by Gasteiger charge is 2.50. The zero-order valence-corrected chi connectivity index (χ0v) is 43.6. The van der Waals surface area contributed by atoms with E-state index in [1.807, 2.05) is 0 Å². The topological polar surface area (TPSA) is 364 Å². The second-order valence-corrected chi connectivity index (χ2v) is 23.8. The van der Waals surface area contributed by atoms with Gasteiger partial charge in [-0.15, -0.1) is 0 Å². The smallest absolute Gasteiger partial charge is 0.386 e. The third-order valence-electron chi connectivity index (χ3n) is 11.3. The maximum Gasteiger partial charge on any atom is 0.481 e. The van der Waals surface area contributed by atoms with Gasteiger partial charge in [0.15, 0.2) is 22.8 Å². The first-order valence-corrected chi connectivity index (χ1v) is 28.9. The number of ether oxygens (including phenoxy) is 1. The maximum absolute atomic E-state index is 12.8. The number of imidazole rings is 1. The van der Waals surface area contributed by atoms with Gasteiger partial charge < -0.3 is 50.9 Å². The predicted octanol–water partition coefficient (Wildman–Crippen LogP) is 5.42. The molecule has 24 nitrogen and oxygen atoms in total. The highest BCUT2D eigenvalue weighted by atomic mass is 32.2. The van der Waals surface area contributed by atoms with Crippen molar-refractivity contribution < 1.29 is 80.5 Å². The normalized spacial score (nSPS) is 20.4. The fourth-order valence-corrected chi connectivity index (χ4v) is 10.9. The molecule has 2 aromatic heterocycles. The molecular formula is C41H74N7O17P3S. The number of amides is 2. The van der Waals surface area contributed by atoms with Crippen LogP contribution in [0.15, 0.2) is 12.7 Å². The number of carbonyl (C=O) groups is 3. The first-order valence-electron chi connectivity index (χ1n) is 23.4. The lowest BCUT2D eigenvalue weighted by atomic mass is 9.87. The monoisotopic (exact) mass is 1060 g/mol. The molecule has 0 saturated carbocycles. The Labute approximate surface area is 407 Å². The summed E-state index contributed by atoms with van der Waals surface area (Å²) in [5, 5.41) is 26.7. The van der Waals surface area contributed by atoms with E-state index in [1.165, 1.54) is 78.1 Å². The van der Waals surface area contributed by atoms with Gasteiger partial charge in [-0.3, -0.25) is 32.5 Å². The van der Waals surface area contributed by atoms with Gasteiger partial charge in [0.05, 0.1) is 19.5 Å². The SMILES string of the molecule is CC(C)CCCCCCC(C)CCCCCCCCC(=O)SCCNC(=O)CCNC(=O)[C@H](O)C(C)(C)COP(=O)(O)OP(=O)(O)OC[C@H]1O[C@@H](n2cnc3c(N)ncnc32)[C@H](O)[C@@H]1OP(=O)(O)O. The molecule has 1 aliphatic heterocycles. The molecule has 2 aromatic rings. The number of aliphatic hydroxyl groups excluding tert-OH is 2. The fraction of sp³-hybridized carbons (Fsp3) is 0.805. The number of nitrogens with zero attached hydrogens (tertiary/aromatic N) is 4. The zero-order valence-electron chi connectivity index (χ0n) is 40.1. The standard InChI is InChI=1S/C41H74N7O17P3S/c1-28(2)16-12-10-11-14-18-29(3)17-13-8-6-7-9-15-19-32(50)69-23-22-43-31(49)20-21-44-39(53)36(52)41(4,5)25-62-68(59,60)65-67(57,58)61-24-30-35(64-66(54,55)56)34(51)40(63-30)48-27-47-33-37(42)45-26-46-38(33)48/h26-30,34-36,40,51-52H,6-25H2,1-5H3,(H,43,49)(H,44,53)(H,57,58)(H,59,60)(H2,42,45,46)(H2,54,55,56)/t29?,30-,34-,35-,36+,40-/m1/s1. The number of thioether (sulfide) groups is 1. The van der Waals surface area contributed by atoms with Crippen molar-refractivity contribution in [2.45, 2.75) is 162 Å². The molecule has 396 valence electrons. The first kappa shape index (κ1) is 60.9. The Hall–Kier alpha value is -2.44. The van der Waals surface area contributed by atoms with Crippen LogP contribution in [0, 0.1) is 17.3 Å². The van der Waals surface area contributed by atoms with E-state index in [-0.39, 0.29) is 41.6 Å². The van der Waals surface area contributed by atoms with E-state index >= 15 is 0 Å². The van der Waals surface area contributed by atoms with Gasteiger partial charge in [0.25, 0.3) is 0 Å². The van der Waals surface area contributed by atoms with Crippen LogP contribution in [0.5, 0.6) is 0 Å². The molecule has 28 heteroatoms. The number of hydrogen-bond donors (Lipinski definition) is 9. The minimum absolute atomic E-state index is 0.0338. The van der Waals surface area contributed by atoms with Crippen LogP contribution in [-0.2, 0) is 50.7 Å². The zero-order chi connectivity index (χ0) is 51.4. The number of unbranched alkanes of at least 4 members (excludes halogenated alkanes) is 8. The van der Waals surface area contributed by atoms with Gasteiger partial charge in [0.1, 0.15) is 36.3 Å². The number of aliphatic hydroxyl groups is 2. The molecule has 2 amide bonds. The Morgan fingerprint density at radius 1 is 0.855 bits per heavy atom. The number of fused-ring (bicyclic) bond motifs is 1. The highest BCUT2D eigenvalue weighted by molar-refractivity contribution is 8.13. The minimum atomic E-state index is -5.58. The van der Waals surface area contributed by atoms with Crippen molar-refractivity contribution in [2.75, 3.05) is 37.8 Å². The van der Waals surface area contributed by atoms with Crippen molar-refractivity contribution in [2.24, 2.45) is 17.3 Å². The predicted molar refractivity (Wildman–Crippen MR) is 256 cm³/mol. The maximum atomic E-state index is 12.8. The average molecular weight is 1060 g/mol. The van der Waals surface area contributed by atoms with E-state index in [2.05, 4.69) is 55.2 Å². The second kappa shape index (κ2) is 29.3. The van der Waals surface area contributed by atoms with Crippen LogP contribution in [-0.4, -0.2) is 123 Å². The number of nitrogens with one attached hydrogen (secondary N) is 2. The summed E-state index contributed by atoms with van der Waals surface area (Å²) in [5.74, 6) is 0.562. The van der Waals surface area contributed by atoms with Crippen molar-refractivity contribution in [3.63, 3.8) is 0 Å². The molecule has 1 aliphatic rings. The van der Waals surface area contributed by atoms with Crippen molar-refractivity contribution in [1.82, 2.24) is 30.2 Å². The van der Waals surface area contributed by atoms with Crippen LogP contribution in [0.25, 0.3) is 11.2 Å². The summed E-state index contributed by atoms with van der Waals surface area (Å²) in [4.78, 5) is 88.5. The van der Waals surface area contributed by atoms with Gasteiger partial charge in [-0.2, -0.15) is 4.31 Å². The number of anilines is 1. The molecule has 0 spiro atoms. The molecule has 3 rings (SSSR count).